The summed E-state index contributed by atoms with van der Waals surface area (Å²) in [5, 5.41) is 8.32. The lowest BCUT2D eigenvalue weighted by Gasteiger charge is -1.90. The van der Waals surface area contributed by atoms with Crippen LogP contribution in [-0.2, 0) is 4.74 Å². The number of ether oxygens (including phenoxy) is 1. The summed E-state index contributed by atoms with van der Waals surface area (Å²) < 4.78 is 5.03. The van der Waals surface area contributed by atoms with E-state index in [4.69, 9.17) is 9.84 Å². The standard InChI is InChI=1S/C8H14O2/c1-2-10-8-6-4-3-5-7-9/h3-6,9H,2,7-8H2,1H3/b5-3-,6-4-. The first-order chi connectivity index (χ1) is 4.91. The van der Waals surface area contributed by atoms with Gasteiger partial charge in [-0.25, -0.2) is 0 Å². The molecule has 2 nitrogen and oxygen atoms in total. The Balaban J connectivity index is 3.11. The van der Waals surface area contributed by atoms with Crippen LogP contribution in [0.1, 0.15) is 6.92 Å². The van der Waals surface area contributed by atoms with Crippen LogP contribution in [-0.4, -0.2) is 24.9 Å². The van der Waals surface area contributed by atoms with Gasteiger partial charge in [-0.1, -0.05) is 24.3 Å². The Morgan fingerprint density at radius 1 is 1.30 bits per heavy atom. The molecule has 0 rings (SSSR count). The molecule has 0 aromatic heterocycles. The van der Waals surface area contributed by atoms with Gasteiger partial charge in [-0.05, 0) is 6.92 Å². The van der Waals surface area contributed by atoms with Crippen molar-refractivity contribution >= 4 is 0 Å². The number of aliphatic hydroxyl groups is 1. The van der Waals surface area contributed by atoms with E-state index >= 15 is 0 Å². The van der Waals surface area contributed by atoms with Gasteiger partial charge in [-0.2, -0.15) is 0 Å². The van der Waals surface area contributed by atoms with E-state index in [2.05, 4.69) is 0 Å². The summed E-state index contributed by atoms with van der Waals surface area (Å²) in [6, 6.07) is 0. The molecule has 0 aliphatic rings. The first-order valence-corrected chi connectivity index (χ1v) is 3.42. The molecular formula is C8H14O2. The van der Waals surface area contributed by atoms with E-state index in [1.807, 2.05) is 19.1 Å². The summed E-state index contributed by atoms with van der Waals surface area (Å²) in [5.74, 6) is 0. The van der Waals surface area contributed by atoms with Gasteiger partial charge in [-0.15, -0.1) is 0 Å². The number of allylic oxidation sites excluding steroid dienone is 2. The highest BCUT2D eigenvalue weighted by Gasteiger charge is 1.72. The van der Waals surface area contributed by atoms with Crippen LogP contribution in [0.15, 0.2) is 24.3 Å². The van der Waals surface area contributed by atoms with Gasteiger partial charge in [0.15, 0.2) is 0 Å². The average Bonchev–Trinajstić information content (AvgIpc) is 1.97. The van der Waals surface area contributed by atoms with Crippen molar-refractivity contribution in [2.45, 2.75) is 6.92 Å². The second kappa shape index (κ2) is 8.40. The van der Waals surface area contributed by atoms with Gasteiger partial charge in [0.1, 0.15) is 0 Å². The van der Waals surface area contributed by atoms with Gasteiger partial charge >= 0.3 is 0 Å². The van der Waals surface area contributed by atoms with E-state index in [0.29, 0.717) is 6.61 Å². The average molecular weight is 142 g/mol. The topological polar surface area (TPSA) is 29.5 Å². The maximum absolute atomic E-state index is 8.32. The van der Waals surface area contributed by atoms with Crippen LogP contribution in [0.2, 0.25) is 0 Å². The van der Waals surface area contributed by atoms with Crippen molar-refractivity contribution in [2.75, 3.05) is 19.8 Å². The molecule has 2 heteroatoms. The van der Waals surface area contributed by atoms with Crippen LogP contribution in [0.3, 0.4) is 0 Å². The Labute approximate surface area is 61.8 Å². The van der Waals surface area contributed by atoms with Crippen LogP contribution >= 0.6 is 0 Å². The highest BCUT2D eigenvalue weighted by Crippen LogP contribution is 1.78. The Bertz CT molecular complexity index is 106. The molecule has 0 radical (unpaired) electrons. The molecule has 1 N–H and O–H groups in total. The SMILES string of the molecule is CCOC/C=C\C=C/CO. The van der Waals surface area contributed by atoms with Crippen molar-refractivity contribution in [3.8, 4) is 0 Å². The lowest BCUT2D eigenvalue weighted by atomic mass is 10.4. The van der Waals surface area contributed by atoms with Crippen LogP contribution in [0.4, 0.5) is 0 Å². The molecule has 0 aromatic carbocycles. The second-order valence-corrected chi connectivity index (χ2v) is 1.70. The highest BCUT2D eigenvalue weighted by molar-refractivity contribution is 5.02. The van der Waals surface area contributed by atoms with Gasteiger partial charge in [-0.3, -0.25) is 0 Å². The van der Waals surface area contributed by atoms with Crippen LogP contribution < -0.4 is 0 Å². The molecule has 0 fully saturated rings. The summed E-state index contributed by atoms with van der Waals surface area (Å²) in [4.78, 5) is 0. The number of aliphatic hydroxyl groups excluding tert-OH is 1. The Morgan fingerprint density at radius 3 is 2.60 bits per heavy atom. The minimum atomic E-state index is 0.0962. The molecule has 0 unspecified atom stereocenters. The minimum Gasteiger partial charge on any atom is -0.392 e. The number of hydrogen-bond acceptors (Lipinski definition) is 2. The van der Waals surface area contributed by atoms with Gasteiger partial charge in [0.2, 0.25) is 0 Å². The molecule has 0 spiro atoms. The van der Waals surface area contributed by atoms with E-state index in [-0.39, 0.29) is 6.61 Å². The smallest absolute Gasteiger partial charge is 0.0650 e. The predicted octanol–water partition coefficient (Wildman–Crippen LogP) is 1.13. The van der Waals surface area contributed by atoms with E-state index in [1.54, 1.807) is 12.2 Å². The quantitative estimate of drug-likeness (QED) is 0.460. The molecular weight excluding hydrogens is 128 g/mol. The normalized spacial score (nSPS) is 11.8. The van der Waals surface area contributed by atoms with Gasteiger partial charge in [0.25, 0.3) is 0 Å². The third kappa shape index (κ3) is 7.40. The molecule has 0 amide bonds. The van der Waals surface area contributed by atoms with Crippen LogP contribution in [0.25, 0.3) is 0 Å². The number of hydrogen-bond donors (Lipinski definition) is 1. The van der Waals surface area contributed by atoms with Crippen molar-refractivity contribution in [1.29, 1.82) is 0 Å². The van der Waals surface area contributed by atoms with E-state index in [9.17, 15) is 0 Å². The van der Waals surface area contributed by atoms with Crippen molar-refractivity contribution in [3.63, 3.8) is 0 Å². The molecule has 0 aliphatic heterocycles. The summed E-state index contributed by atoms with van der Waals surface area (Å²) >= 11 is 0. The molecule has 0 heterocycles. The number of rotatable bonds is 5. The fraction of sp³-hybridized carbons (Fsp3) is 0.500. The summed E-state index contributed by atoms with van der Waals surface area (Å²) in [6.45, 7) is 3.44. The predicted molar refractivity (Wildman–Crippen MR) is 41.9 cm³/mol. The molecule has 0 aliphatic carbocycles. The summed E-state index contributed by atoms with van der Waals surface area (Å²) in [7, 11) is 0. The van der Waals surface area contributed by atoms with Gasteiger partial charge < -0.3 is 9.84 Å². The van der Waals surface area contributed by atoms with Gasteiger partial charge in [0.05, 0.1) is 13.2 Å². The molecule has 0 saturated heterocycles. The Kier molecular flexibility index (Phi) is 7.90. The zero-order valence-electron chi connectivity index (χ0n) is 6.29. The maximum atomic E-state index is 8.32. The van der Waals surface area contributed by atoms with Crippen LogP contribution in [0, 0.1) is 0 Å². The first-order valence-electron chi connectivity index (χ1n) is 3.42. The van der Waals surface area contributed by atoms with Crippen molar-refractivity contribution in [3.05, 3.63) is 24.3 Å². The first kappa shape index (κ1) is 9.40. The van der Waals surface area contributed by atoms with E-state index in [1.165, 1.54) is 0 Å². The molecule has 58 valence electrons. The van der Waals surface area contributed by atoms with E-state index in [0.717, 1.165) is 6.61 Å². The summed E-state index contributed by atoms with van der Waals surface area (Å²) in [5.41, 5.74) is 0. The van der Waals surface area contributed by atoms with Crippen LogP contribution in [0.5, 0.6) is 0 Å². The molecule has 0 bridgehead atoms. The zero-order valence-corrected chi connectivity index (χ0v) is 6.29. The molecule has 10 heavy (non-hydrogen) atoms. The molecule has 0 saturated carbocycles. The van der Waals surface area contributed by atoms with Crippen molar-refractivity contribution < 1.29 is 9.84 Å². The summed E-state index contributed by atoms with van der Waals surface area (Å²) in [6.07, 6.45) is 7.21. The molecule has 0 aromatic rings. The van der Waals surface area contributed by atoms with Crippen molar-refractivity contribution in [2.24, 2.45) is 0 Å². The highest BCUT2D eigenvalue weighted by atomic mass is 16.5. The Hall–Kier alpha value is -0.600. The zero-order chi connectivity index (χ0) is 7.66. The Morgan fingerprint density at radius 2 is 2.00 bits per heavy atom. The van der Waals surface area contributed by atoms with E-state index < -0.39 is 0 Å². The monoisotopic (exact) mass is 142 g/mol. The van der Waals surface area contributed by atoms with Crippen molar-refractivity contribution in [1.82, 2.24) is 0 Å². The van der Waals surface area contributed by atoms with Gasteiger partial charge in [0, 0.05) is 6.61 Å². The third-order valence-electron chi connectivity index (χ3n) is 0.907. The fourth-order valence-corrected chi connectivity index (χ4v) is 0.459. The molecule has 0 atom stereocenters. The lowest BCUT2D eigenvalue weighted by molar-refractivity contribution is 0.177. The third-order valence-corrected chi connectivity index (χ3v) is 0.907. The fourth-order valence-electron chi connectivity index (χ4n) is 0.459. The maximum Gasteiger partial charge on any atom is 0.0650 e. The second-order valence-electron chi connectivity index (χ2n) is 1.70. The minimum absolute atomic E-state index is 0.0962. The largest absolute Gasteiger partial charge is 0.392 e. The lowest BCUT2D eigenvalue weighted by Crippen LogP contribution is -1.87.